The van der Waals surface area contributed by atoms with Gasteiger partial charge in [0.25, 0.3) is 11.8 Å². The Bertz CT molecular complexity index is 1550. The second kappa shape index (κ2) is 11.4. The number of rotatable bonds is 8. The molecule has 1 N–H and O–H groups in total. The minimum atomic E-state index is -0.851. The molecule has 7 nitrogen and oxygen atoms in total. The van der Waals surface area contributed by atoms with Gasteiger partial charge in [-0.25, -0.2) is 14.1 Å². The summed E-state index contributed by atoms with van der Waals surface area (Å²) in [5.41, 5.74) is 2.11. The molecule has 1 aliphatic rings. The van der Waals surface area contributed by atoms with Crippen LogP contribution in [0.3, 0.4) is 0 Å². The van der Waals surface area contributed by atoms with Crippen LogP contribution in [0.4, 0.5) is 14.9 Å². The van der Waals surface area contributed by atoms with Crippen molar-refractivity contribution in [1.29, 1.82) is 0 Å². The van der Waals surface area contributed by atoms with Gasteiger partial charge in [0.2, 0.25) is 0 Å². The van der Waals surface area contributed by atoms with E-state index in [1.165, 1.54) is 18.2 Å². The van der Waals surface area contributed by atoms with E-state index in [-0.39, 0.29) is 23.7 Å². The predicted molar refractivity (Wildman–Crippen MR) is 143 cm³/mol. The Morgan fingerprint density at radius 1 is 0.744 bits per heavy atom. The number of amides is 4. The summed E-state index contributed by atoms with van der Waals surface area (Å²) < 4.78 is 25.1. The van der Waals surface area contributed by atoms with Crippen LogP contribution in [-0.4, -0.2) is 17.8 Å². The van der Waals surface area contributed by atoms with Crippen molar-refractivity contribution in [3.05, 3.63) is 131 Å². The van der Waals surface area contributed by atoms with Crippen molar-refractivity contribution >= 4 is 29.6 Å². The standard InChI is InChI=1S/C31H23FN2O5/c32-24-11-6-9-22(17-24)20-39-28-12-5-4-10-23(28)18-27-29(35)33-31(37)34(30(27)36)25-13-15-26(16-14-25)38-19-21-7-2-1-3-8-21/h1-18H,19-20H2,(H,33,35,37)/b27-18+. The molecule has 1 aliphatic heterocycles. The number of hydrogen-bond donors (Lipinski definition) is 1. The van der Waals surface area contributed by atoms with Crippen molar-refractivity contribution in [2.45, 2.75) is 13.2 Å². The molecule has 4 amide bonds. The Labute approximate surface area is 224 Å². The molecule has 0 spiro atoms. The van der Waals surface area contributed by atoms with Gasteiger partial charge in [0, 0.05) is 5.56 Å². The van der Waals surface area contributed by atoms with Gasteiger partial charge in [-0.15, -0.1) is 0 Å². The molecule has 0 bridgehead atoms. The summed E-state index contributed by atoms with van der Waals surface area (Å²) in [6.45, 7) is 0.451. The van der Waals surface area contributed by atoms with E-state index < -0.39 is 17.8 Å². The SMILES string of the molecule is O=C1NC(=O)N(c2ccc(OCc3ccccc3)cc2)C(=O)/C1=C/c1ccccc1OCc1cccc(F)c1. The van der Waals surface area contributed by atoms with Crippen LogP contribution in [0.25, 0.3) is 6.08 Å². The lowest BCUT2D eigenvalue weighted by Crippen LogP contribution is -2.54. The number of hydrogen-bond acceptors (Lipinski definition) is 5. The summed E-state index contributed by atoms with van der Waals surface area (Å²) >= 11 is 0. The first-order chi connectivity index (χ1) is 19.0. The third-order valence-electron chi connectivity index (χ3n) is 5.95. The maximum atomic E-state index is 13.5. The minimum Gasteiger partial charge on any atom is -0.489 e. The summed E-state index contributed by atoms with van der Waals surface area (Å²) in [6, 6.07) is 28.1. The number of para-hydroxylation sites is 1. The maximum absolute atomic E-state index is 13.5. The molecule has 0 aromatic heterocycles. The highest BCUT2D eigenvalue weighted by molar-refractivity contribution is 6.39. The van der Waals surface area contributed by atoms with Crippen molar-refractivity contribution in [3.63, 3.8) is 0 Å². The lowest BCUT2D eigenvalue weighted by atomic mass is 10.1. The quantitative estimate of drug-likeness (QED) is 0.239. The number of imide groups is 2. The van der Waals surface area contributed by atoms with Crippen molar-refractivity contribution in [1.82, 2.24) is 5.32 Å². The van der Waals surface area contributed by atoms with E-state index in [9.17, 15) is 18.8 Å². The molecule has 1 heterocycles. The van der Waals surface area contributed by atoms with Crippen molar-refractivity contribution in [2.75, 3.05) is 4.90 Å². The first kappa shape index (κ1) is 25.4. The van der Waals surface area contributed by atoms with E-state index in [4.69, 9.17) is 9.47 Å². The second-order valence-electron chi connectivity index (χ2n) is 8.68. The van der Waals surface area contributed by atoms with Crippen LogP contribution in [-0.2, 0) is 22.8 Å². The molecule has 0 atom stereocenters. The van der Waals surface area contributed by atoms with E-state index in [0.717, 1.165) is 10.5 Å². The van der Waals surface area contributed by atoms with Crippen molar-refractivity contribution in [2.24, 2.45) is 0 Å². The topological polar surface area (TPSA) is 84.9 Å². The Balaban J connectivity index is 1.34. The summed E-state index contributed by atoms with van der Waals surface area (Å²) in [4.78, 5) is 39.5. The summed E-state index contributed by atoms with van der Waals surface area (Å²) in [6.07, 6.45) is 1.37. The first-order valence-electron chi connectivity index (χ1n) is 12.1. The monoisotopic (exact) mass is 522 g/mol. The number of carbonyl (C=O) groups excluding carboxylic acids is 3. The van der Waals surface area contributed by atoms with Crippen molar-refractivity contribution < 1.29 is 28.2 Å². The fourth-order valence-electron chi connectivity index (χ4n) is 4.00. The first-order valence-corrected chi connectivity index (χ1v) is 12.1. The summed E-state index contributed by atoms with van der Waals surface area (Å²) in [5.74, 6) is -1.02. The van der Waals surface area contributed by atoms with Crippen LogP contribution in [0.5, 0.6) is 11.5 Å². The predicted octanol–water partition coefficient (Wildman–Crippen LogP) is 5.65. The van der Waals surface area contributed by atoms with Crippen molar-refractivity contribution in [3.8, 4) is 11.5 Å². The summed E-state index contributed by atoms with van der Waals surface area (Å²) in [7, 11) is 0. The zero-order valence-electron chi connectivity index (χ0n) is 20.7. The average Bonchev–Trinajstić information content (AvgIpc) is 2.95. The Morgan fingerprint density at radius 2 is 1.44 bits per heavy atom. The molecular formula is C31H23FN2O5. The molecule has 0 aliphatic carbocycles. The van der Waals surface area contributed by atoms with Gasteiger partial charge >= 0.3 is 6.03 Å². The number of benzene rings is 4. The largest absolute Gasteiger partial charge is 0.489 e. The fourth-order valence-corrected chi connectivity index (χ4v) is 4.00. The highest BCUT2D eigenvalue weighted by Crippen LogP contribution is 2.27. The molecule has 5 rings (SSSR count). The number of nitrogens with zero attached hydrogens (tertiary/aromatic N) is 1. The van der Waals surface area contributed by atoms with E-state index in [1.807, 2.05) is 30.3 Å². The molecule has 8 heteroatoms. The highest BCUT2D eigenvalue weighted by Gasteiger charge is 2.37. The fraction of sp³-hybridized carbons (Fsp3) is 0.0645. The second-order valence-corrected chi connectivity index (χ2v) is 8.68. The minimum absolute atomic E-state index is 0.0847. The van der Waals surface area contributed by atoms with Crippen LogP contribution in [0.2, 0.25) is 0 Å². The molecule has 0 radical (unpaired) electrons. The zero-order valence-corrected chi connectivity index (χ0v) is 20.7. The number of halogens is 1. The Kier molecular flexibility index (Phi) is 7.45. The average molecular weight is 523 g/mol. The van der Waals surface area contributed by atoms with Gasteiger partial charge < -0.3 is 9.47 Å². The summed E-state index contributed by atoms with van der Waals surface area (Å²) in [5, 5.41) is 2.22. The number of anilines is 1. The van der Waals surface area contributed by atoms with Crippen LogP contribution in [0.15, 0.2) is 109 Å². The molecule has 4 aromatic rings. The van der Waals surface area contributed by atoms with E-state index >= 15 is 0 Å². The highest BCUT2D eigenvalue weighted by atomic mass is 19.1. The molecule has 194 valence electrons. The van der Waals surface area contributed by atoms with Crippen LogP contribution >= 0.6 is 0 Å². The molecule has 1 saturated heterocycles. The molecule has 4 aromatic carbocycles. The third kappa shape index (κ3) is 6.02. The number of urea groups is 1. The molecular weight excluding hydrogens is 499 g/mol. The van der Waals surface area contributed by atoms with Crippen LogP contribution < -0.4 is 19.7 Å². The van der Waals surface area contributed by atoms with Crippen LogP contribution in [0, 0.1) is 5.82 Å². The smallest absolute Gasteiger partial charge is 0.335 e. The molecule has 39 heavy (non-hydrogen) atoms. The van der Waals surface area contributed by atoms with Gasteiger partial charge in [-0.1, -0.05) is 60.7 Å². The Hall–Kier alpha value is -5.24. The van der Waals surface area contributed by atoms with Gasteiger partial charge in [0.15, 0.2) is 0 Å². The van der Waals surface area contributed by atoms with E-state index in [1.54, 1.807) is 60.7 Å². The van der Waals surface area contributed by atoms with E-state index in [2.05, 4.69) is 5.32 Å². The normalized spacial score (nSPS) is 14.3. The van der Waals surface area contributed by atoms with Gasteiger partial charge in [0.1, 0.15) is 36.1 Å². The lowest BCUT2D eigenvalue weighted by Gasteiger charge is -2.26. The number of ether oxygens (including phenoxy) is 2. The lowest BCUT2D eigenvalue weighted by molar-refractivity contribution is -0.122. The Morgan fingerprint density at radius 3 is 2.21 bits per heavy atom. The van der Waals surface area contributed by atoms with Gasteiger partial charge in [-0.2, -0.15) is 0 Å². The van der Waals surface area contributed by atoms with E-state index in [0.29, 0.717) is 29.2 Å². The van der Waals surface area contributed by atoms with Gasteiger partial charge in [-0.05, 0) is 59.7 Å². The number of carbonyl (C=O) groups is 3. The number of barbiturate groups is 1. The molecule has 1 fully saturated rings. The third-order valence-corrected chi connectivity index (χ3v) is 5.95. The molecule has 0 saturated carbocycles. The van der Waals surface area contributed by atoms with Crippen LogP contribution in [0.1, 0.15) is 16.7 Å². The van der Waals surface area contributed by atoms with Gasteiger partial charge in [-0.3, -0.25) is 14.9 Å². The van der Waals surface area contributed by atoms with Gasteiger partial charge in [0.05, 0.1) is 5.69 Å². The molecule has 0 unspecified atom stereocenters. The maximum Gasteiger partial charge on any atom is 0.335 e. The zero-order chi connectivity index (χ0) is 27.2. The number of nitrogens with one attached hydrogen (secondary N) is 1.